The summed E-state index contributed by atoms with van der Waals surface area (Å²) in [5.74, 6) is 0.413. The highest BCUT2D eigenvalue weighted by molar-refractivity contribution is 5.99. The Morgan fingerprint density at radius 3 is 2.21 bits per heavy atom. The molecule has 0 saturated carbocycles. The molecule has 9 heteroatoms. The number of hydrazone groups is 1. The van der Waals surface area contributed by atoms with Gasteiger partial charge in [0, 0.05) is 75.4 Å². The van der Waals surface area contributed by atoms with Gasteiger partial charge in [0.1, 0.15) is 0 Å². The predicted molar refractivity (Wildman–Crippen MR) is 141 cm³/mol. The van der Waals surface area contributed by atoms with Crippen LogP contribution in [0.15, 0.2) is 63.5 Å². The number of benzene rings is 1. The number of anilines is 1. The average molecular weight is 464 g/mol. The molecule has 0 spiro atoms. The first-order chi connectivity index (χ1) is 16.6. The van der Waals surface area contributed by atoms with E-state index in [-0.39, 0.29) is 11.9 Å². The highest BCUT2D eigenvalue weighted by atomic mass is 15.4. The molecule has 3 aliphatic rings. The molecule has 1 aliphatic carbocycles. The van der Waals surface area contributed by atoms with E-state index in [0.29, 0.717) is 0 Å². The predicted octanol–water partition coefficient (Wildman–Crippen LogP) is 1.47. The number of nitrogens with one attached hydrogen (secondary N) is 3. The normalized spacial score (nSPS) is 22.6. The third-order valence-corrected chi connectivity index (χ3v) is 6.52. The lowest BCUT2D eigenvalue weighted by atomic mass is 9.95. The largest absolute Gasteiger partial charge is 0.369 e. The molecule has 9 nitrogen and oxygen atoms in total. The smallest absolute Gasteiger partial charge is 0.234 e. The third kappa shape index (κ3) is 6.45. The van der Waals surface area contributed by atoms with E-state index in [2.05, 4.69) is 83.7 Å². The fourth-order valence-corrected chi connectivity index (χ4v) is 4.35. The molecule has 0 radical (unpaired) electrons. The summed E-state index contributed by atoms with van der Waals surface area (Å²) >= 11 is 0. The van der Waals surface area contributed by atoms with E-state index in [9.17, 15) is 0 Å². The third-order valence-electron chi connectivity index (χ3n) is 6.52. The summed E-state index contributed by atoms with van der Waals surface area (Å²) in [6.07, 6.45) is 7.63. The molecule has 0 aromatic heterocycles. The van der Waals surface area contributed by atoms with Crippen molar-refractivity contribution in [1.82, 2.24) is 21.0 Å². The minimum Gasteiger partial charge on any atom is -0.369 e. The van der Waals surface area contributed by atoms with E-state index < -0.39 is 0 Å². The number of hydrogen-bond donors (Lipinski definition) is 4. The first kappa shape index (κ1) is 24.0. The van der Waals surface area contributed by atoms with E-state index in [4.69, 9.17) is 5.73 Å². The lowest BCUT2D eigenvalue weighted by Crippen LogP contribution is -2.43. The van der Waals surface area contributed by atoms with Crippen molar-refractivity contribution in [2.24, 2.45) is 27.0 Å². The first-order valence-corrected chi connectivity index (χ1v) is 12.2. The molecular formula is C25H37N9. The van der Waals surface area contributed by atoms with Crippen LogP contribution in [0.2, 0.25) is 0 Å². The molecule has 34 heavy (non-hydrogen) atoms. The van der Waals surface area contributed by atoms with Gasteiger partial charge in [-0.2, -0.15) is 10.2 Å². The Bertz CT molecular complexity index is 963. The molecule has 2 saturated heterocycles. The average Bonchev–Trinajstić information content (AvgIpc) is 2.91. The van der Waals surface area contributed by atoms with Gasteiger partial charge in [0.2, 0.25) is 5.96 Å². The van der Waals surface area contributed by atoms with Gasteiger partial charge in [-0.3, -0.25) is 0 Å². The zero-order valence-electron chi connectivity index (χ0n) is 20.3. The molecule has 182 valence electrons. The highest BCUT2D eigenvalue weighted by Gasteiger charge is 2.17. The summed E-state index contributed by atoms with van der Waals surface area (Å²) < 4.78 is 0. The Morgan fingerprint density at radius 2 is 1.59 bits per heavy atom. The van der Waals surface area contributed by atoms with Crippen LogP contribution in [0, 0.1) is 5.92 Å². The number of nitrogens with zero attached hydrogens (tertiary/aromatic N) is 5. The van der Waals surface area contributed by atoms with Crippen LogP contribution in [0.25, 0.3) is 0 Å². The summed E-state index contributed by atoms with van der Waals surface area (Å²) in [7, 11) is 0. The van der Waals surface area contributed by atoms with Crippen LogP contribution in [0.1, 0.15) is 25.8 Å². The van der Waals surface area contributed by atoms with Gasteiger partial charge >= 0.3 is 0 Å². The fourth-order valence-electron chi connectivity index (χ4n) is 4.35. The van der Waals surface area contributed by atoms with Crippen LogP contribution in [0.3, 0.4) is 0 Å². The molecule has 2 aliphatic heterocycles. The maximum atomic E-state index is 5.99. The Morgan fingerprint density at radius 1 is 0.941 bits per heavy atom. The second-order valence-corrected chi connectivity index (χ2v) is 8.89. The van der Waals surface area contributed by atoms with E-state index in [1.807, 2.05) is 13.8 Å². The Labute approximate surface area is 202 Å². The van der Waals surface area contributed by atoms with Crippen molar-refractivity contribution >= 4 is 23.1 Å². The van der Waals surface area contributed by atoms with Crippen molar-refractivity contribution in [1.29, 1.82) is 0 Å². The summed E-state index contributed by atoms with van der Waals surface area (Å²) in [6.45, 7) is 12.3. The van der Waals surface area contributed by atoms with Crippen molar-refractivity contribution in [3.05, 3.63) is 53.8 Å². The molecule has 2 heterocycles. The van der Waals surface area contributed by atoms with E-state index in [1.165, 1.54) is 11.4 Å². The quantitative estimate of drug-likeness (QED) is 0.289. The van der Waals surface area contributed by atoms with Gasteiger partial charge in [0.25, 0.3) is 0 Å². The number of piperazine rings is 2. The molecule has 1 unspecified atom stereocenters. The van der Waals surface area contributed by atoms with Crippen molar-refractivity contribution < 1.29 is 0 Å². The lowest BCUT2D eigenvalue weighted by molar-refractivity contribution is 0.305. The van der Waals surface area contributed by atoms with E-state index in [1.54, 1.807) is 0 Å². The second kappa shape index (κ2) is 11.8. The summed E-state index contributed by atoms with van der Waals surface area (Å²) in [6, 6.07) is 8.46. The Balaban J connectivity index is 1.28. The van der Waals surface area contributed by atoms with Crippen LogP contribution in [0.5, 0.6) is 0 Å². The SMILES string of the molecule is C/C(=N\NC(N)=N/N=C(\C)C1C=CC(N2CCNCC2)=CC1)c1ccc(N2CCNCC2)cc1. The monoisotopic (exact) mass is 463 g/mol. The standard InChI is InChI=1S/C25H37N9/c1-19(21-3-7-23(8-4-21)33-15-11-27-12-16-33)29-31-25(26)32-30-20(2)22-5-9-24(10-6-22)34-17-13-28-14-18-34/h3-5,7-10,22,27-28H,6,11-18H2,1-2H3,(H3,26,31,32)/b29-19+,30-20+. The Kier molecular flexibility index (Phi) is 8.32. The minimum atomic E-state index is 0.174. The zero-order valence-corrected chi connectivity index (χ0v) is 20.3. The first-order valence-electron chi connectivity index (χ1n) is 12.2. The van der Waals surface area contributed by atoms with Crippen LogP contribution in [-0.2, 0) is 0 Å². The molecule has 0 bridgehead atoms. The van der Waals surface area contributed by atoms with Crippen LogP contribution in [0.4, 0.5) is 5.69 Å². The maximum Gasteiger partial charge on any atom is 0.234 e. The van der Waals surface area contributed by atoms with E-state index >= 15 is 0 Å². The highest BCUT2D eigenvalue weighted by Crippen LogP contribution is 2.21. The Hall–Kier alpha value is -3.17. The van der Waals surface area contributed by atoms with Gasteiger partial charge in [-0.15, -0.1) is 5.10 Å². The van der Waals surface area contributed by atoms with Crippen LogP contribution in [-0.4, -0.2) is 74.6 Å². The van der Waals surface area contributed by atoms with Gasteiger partial charge in [-0.25, -0.2) is 5.43 Å². The summed E-state index contributed by atoms with van der Waals surface area (Å²) in [5.41, 5.74) is 14.2. The number of allylic oxidation sites excluding steroid dienone is 3. The topological polar surface area (TPSA) is 106 Å². The van der Waals surface area contributed by atoms with Crippen molar-refractivity contribution in [2.75, 3.05) is 57.3 Å². The summed E-state index contributed by atoms with van der Waals surface area (Å²) in [4.78, 5) is 4.81. The number of guanidine groups is 1. The number of nitrogens with two attached hydrogens (primary N) is 1. The van der Waals surface area contributed by atoms with Gasteiger partial charge in [0.05, 0.1) is 5.71 Å². The number of hydrogen-bond acceptors (Lipinski definition) is 7. The molecule has 1 aromatic rings. The lowest BCUT2D eigenvalue weighted by Gasteiger charge is -2.32. The van der Waals surface area contributed by atoms with Crippen molar-refractivity contribution in [2.45, 2.75) is 20.3 Å². The molecule has 2 fully saturated rings. The zero-order chi connectivity index (χ0) is 23.8. The van der Waals surface area contributed by atoms with Gasteiger partial charge in [-0.05, 0) is 44.0 Å². The number of rotatable bonds is 6. The van der Waals surface area contributed by atoms with Gasteiger partial charge in [0.15, 0.2) is 0 Å². The minimum absolute atomic E-state index is 0.174. The molecule has 4 rings (SSSR count). The second-order valence-electron chi connectivity index (χ2n) is 8.89. The molecule has 5 N–H and O–H groups in total. The van der Waals surface area contributed by atoms with Gasteiger partial charge < -0.3 is 26.2 Å². The fraction of sp³-hybridized carbons (Fsp3) is 0.480. The van der Waals surface area contributed by atoms with Crippen molar-refractivity contribution in [3.63, 3.8) is 0 Å². The molecule has 0 amide bonds. The van der Waals surface area contributed by atoms with Crippen LogP contribution >= 0.6 is 0 Å². The molecule has 1 atom stereocenters. The summed E-state index contributed by atoms with van der Waals surface area (Å²) in [5, 5.41) is 19.6. The molecule has 1 aromatic carbocycles. The van der Waals surface area contributed by atoms with E-state index in [0.717, 1.165) is 75.8 Å². The van der Waals surface area contributed by atoms with Crippen LogP contribution < -0.4 is 26.7 Å². The van der Waals surface area contributed by atoms with Crippen molar-refractivity contribution in [3.8, 4) is 0 Å². The maximum absolute atomic E-state index is 5.99. The van der Waals surface area contributed by atoms with Gasteiger partial charge in [-0.1, -0.05) is 24.3 Å². The molecular weight excluding hydrogens is 426 g/mol.